The van der Waals surface area contributed by atoms with Crippen LogP contribution in [0.1, 0.15) is 10.5 Å². The second kappa shape index (κ2) is 4.06. The van der Waals surface area contributed by atoms with E-state index in [-0.39, 0.29) is 0 Å². The van der Waals surface area contributed by atoms with E-state index >= 15 is 0 Å². The number of pyridine rings is 2. The molecule has 2 aromatic heterocycles. The molecule has 2 heterocycles. The molecule has 5 heteroatoms. The van der Waals surface area contributed by atoms with E-state index in [0.717, 1.165) is 6.07 Å². The molecule has 0 atom stereocenters. The number of hydrogen-bond acceptors (Lipinski definition) is 3. The summed E-state index contributed by atoms with van der Waals surface area (Å²) in [5.41, 5.74) is 0.521. The van der Waals surface area contributed by atoms with Crippen molar-refractivity contribution in [2.75, 3.05) is 0 Å². The highest BCUT2D eigenvalue weighted by molar-refractivity contribution is 5.86. The quantitative estimate of drug-likeness (QED) is 0.837. The fraction of sp³-hybridized carbons (Fsp3) is 0. The molecule has 0 aliphatic rings. The zero-order valence-corrected chi connectivity index (χ0v) is 8.09. The molecule has 80 valence electrons. The fourth-order valence-corrected chi connectivity index (χ4v) is 1.28. The maximum absolute atomic E-state index is 13.1. The van der Waals surface area contributed by atoms with E-state index in [1.54, 1.807) is 24.5 Å². The number of nitrogens with zero attached hydrogens (tertiary/aromatic N) is 2. The Hall–Kier alpha value is -2.30. The summed E-state index contributed by atoms with van der Waals surface area (Å²) in [6.45, 7) is 0. The molecule has 16 heavy (non-hydrogen) atoms. The first-order chi connectivity index (χ1) is 7.68. The minimum absolute atomic E-state index is 0.404. The largest absolute Gasteiger partial charge is 0.476 e. The first-order valence-electron chi connectivity index (χ1n) is 4.49. The van der Waals surface area contributed by atoms with Crippen LogP contribution < -0.4 is 0 Å². The Balaban J connectivity index is 2.52. The highest BCUT2D eigenvalue weighted by atomic mass is 19.1. The van der Waals surface area contributed by atoms with E-state index in [2.05, 4.69) is 9.97 Å². The third-order valence-electron chi connectivity index (χ3n) is 2.02. The van der Waals surface area contributed by atoms with Crippen molar-refractivity contribution >= 4 is 5.97 Å². The summed E-state index contributed by atoms with van der Waals surface area (Å²) in [4.78, 5) is 18.3. The standard InChI is InChI=1S/C11H7FN2O2/c12-8-1-2-9(14-10(8)11(15)16)7-3-5-13-6-4-7/h1-6H,(H,15,16). The lowest BCUT2D eigenvalue weighted by Gasteiger charge is -2.02. The molecule has 4 nitrogen and oxygen atoms in total. The summed E-state index contributed by atoms with van der Waals surface area (Å²) in [5.74, 6) is -2.22. The topological polar surface area (TPSA) is 63.1 Å². The van der Waals surface area contributed by atoms with Gasteiger partial charge < -0.3 is 5.11 Å². The Morgan fingerprint density at radius 2 is 1.88 bits per heavy atom. The molecule has 0 bridgehead atoms. The minimum atomic E-state index is -1.38. The van der Waals surface area contributed by atoms with Gasteiger partial charge in [-0.3, -0.25) is 4.98 Å². The number of hydrogen-bond donors (Lipinski definition) is 1. The lowest BCUT2D eigenvalue weighted by atomic mass is 10.1. The maximum atomic E-state index is 13.1. The normalized spacial score (nSPS) is 10.1. The number of aromatic carboxylic acids is 1. The third-order valence-corrected chi connectivity index (χ3v) is 2.02. The Morgan fingerprint density at radius 3 is 2.50 bits per heavy atom. The maximum Gasteiger partial charge on any atom is 0.357 e. The molecular formula is C11H7FN2O2. The van der Waals surface area contributed by atoms with Gasteiger partial charge in [-0.25, -0.2) is 14.2 Å². The SMILES string of the molecule is O=C(O)c1nc(-c2ccncc2)ccc1F. The summed E-state index contributed by atoms with van der Waals surface area (Å²) in [6, 6.07) is 5.86. The molecule has 1 N–H and O–H groups in total. The summed E-state index contributed by atoms with van der Waals surface area (Å²) in [5, 5.41) is 8.72. The molecule has 0 spiro atoms. The monoisotopic (exact) mass is 218 g/mol. The number of carboxylic acids is 1. The van der Waals surface area contributed by atoms with Gasteiger partial charge in [-0.1, -0.05) is 0 Å². The predicted molar refractivity (Wildman–Crippen MR) is 54.4 cm³/mol. The van der Waals surface area contributed by atoms with Gasteiger partial charge in [-0.2, -0.15) is 0 Å². The molecule has 0 unspecified atom stereocenters. The van der Waals surface area contributed by atoms with Crippen LogP contribution in [0.4, 0.5) is 4.39 Å². The summed E-state index contributed by atoms with van der Waals surface area (Å²) < 4.78 is 13.1. The van der Waals surface area contributed by atoms with Crippen LogP contribution in [0, 0.1) is 5.82 Å². The first-order valence-corrected chi connectivity index (χ1v) is 4.49. The van der Waals surface area contributed by atoms with Crippen molar-refractivity contribution in [2.45, 2.75) is 0 Å². The Bertz CT molecular complexity index is 529. The molecule has 2 rings (SSSR count). The average Bonchev–Trinajstić information content (AvgIpc) is 2.30. The highest BCUT2D eigenvalue weighted by Crippen LogP contribution is 2.17. The summed E-state index contributed by atoms with van der Waals surface area (Å²) in [7, 11) is 0. The average molecular weight is 218 g/mol. The van der Waals surface area contributed by atoms with Crippen LogP contribution in [0.5, 0.6) is 0 Å². The van der Waals surface area contributed by atoms with Crippen molar-refractivity contribution in [3.8, 4) is 11.3 Å². The van der Waals surface area contributed by atoms with Crippen LogP contribution in [0.2, 0.25) is 0 Å². The van der Waals surface area contributed by atoms with E-state index in [1.165, 1.54) is 6.07 Å². The number of rotatable bonds is 2. The zero-order valence-electron chi connectivity index (χ0n) is 8.09. The van der Waals surface area contributed by atoms with Gasteiger partial charge in [0.15, 0.2) is 11.5 Å². The Morgan fingerprint density at radius 1 is 1.19 bits per heavy atom. The molecule has 0 aliphatic heterocycles. The van der Waals surface area contributed by atoms with Crippen molar-refractivity contribution < 1.29 is 14.3 Å². The lowest BCUT2D eigenvalue weighted by molar-refractivity contribution is 0.0685. The van der Waals surface area contributed by atoms with E-state index in [9.17, 15) is 9.18 Å². The van der Waals surface area contributed by atoms with Gasteiger partial charge in [0.2, 0.25) is 0 Å². The number of carboxylic acid groups (broad SMARTS) is 1. The van der Waals surface area contributed by atoms with Crippen LogP contribution in [-0.4, -0.2) is 21.0 Å². The molecule has 0 saturated carbocycles. The van der Waals surface area contributed by atoms with Crippen LogP contribution in [0.3, 0.4) is 0 Å². The van der Waals surface area contributed by atoms with Crippen molar-refractivity contribution in [3.63, 3.8) is 0 Å². The van der Waals surface area contributed by atoms with Crippen LogP contribution in [-0.2, 0) is 0 Å². The van der Waals surface area contributed by atoms with Crippen molar-refractivity contribution in [2.24, 2.45) is 0 Å². The van der Waals surface area contributed by atoms with Crippen molar-refractivity contribution in [3.05, 3.63) is 48.2 Å². The van der Waals surface area contributed by atoms with E-state index in [1.807, 2.05) is 0 Å². The Kier molecular flexibility index (Phi) is 2.59. The van der Waals surface area contributed by atoms with Crippen molar-refractivity contribution in [1.82, 2.24) is 9.97 Å². The molecule has 0 aromatic carbocycles. The molecule has 0 radical (unpaired) electrons. The van der Waals surface area contributed by atoms with Crippen LogP contribution in [0.25, 0.3) is 11.3 Å². The zero-order chi connectivity index (χ0) is 11.5. The van der Waals surface area contributed by atoms with Gasteiger partial charge in [0, 0.05) is 18.0 Å². The van der Waals surface area contributed by atoms with Gasteiger partial charge >= 0.3 is 5.97 Å². The summed E-state index contributed by atoms with van der Waals surface area (Å²) in [6.07, 6.45) is 3.11. The minimum Gasteiger partial charge on any atom is -0.476 e. The van der Waals surface area contributed by atoms with Gasteiger partial charge in [0.1, 0.15) is 0 Å². The van der Waals surface area contributed by atoms with Crippen LogP contribution >= 0.6 is 0 Å². The molecule has 2 aromatic rings. The predicted octanol–water partition coefficient (Wildman–Crippen LogP) is 1.98. The fourth-order valence-electron chi connectivity index (χ4n) is 1.28. The summed E-state index contributed by atoms with van der Waals surface area (Å²) >= 11 is 0. The van der Waals surface area contributed by atoms with E-state index in [4.69, 9.17) is 5.11 Å². The molecular weight excluding hydrogens is 211 g/mol. The van der Waals surface area contributed by atoms with Gasteiger partial charge in [-0.05, 0) is 24.3 Å². The highest BCUT2D eigenvalue weighted by Gasteiger charge is 2.13. The second-order valence-corrected chi connectivity index (χ2v) is 3.07. The first kappa shape index (κ1) is 10.2. The number of halogens is 1. The van der Waals surface area contributed by atoms with E-state index < -0.39 is 17.5 Å². The van der Waals surface area contributed by atoms with Crippen LogP contribution in [0.15, 0.2) is 36.7 Å². The second-order valence-electron chi connectivity index (χ2n) is 3.07. The number of aromatic nitrogens is 2. The molecule has 0 amide bonds. The van der Waals surface area contributed by atoms with Gasteiger partial charge in [-0.15, -0.1) is 0 Å². The smallest absolute Gasteiger partial charge is 0.357 e. The van der Waals surface area contributed by atoms with Crippen molar-refractivity contribution in [1.29, 1.82) is 0 Å². The lowest BCUT2D eigenvalue weighted by Crippen LogP contribution is -2.04. The molecule has 0 fully saturated rings. The molecule has 0 saturated heterocycles. The van der Waals surface area contributed by atoms with Gasteiger partial charge in [0.25, 0.3) is 0 Å². The molecule has 0 aliphatic carbocycles. The Labute approximate surface area is 90.4 Å². The number of carbonyl (C=O) groups is 1. The van der Waals surface area contributed by atoms with E-state index in [0.29, 0.717) is 11.3 Å². The third kappa shape index (κ3) is 1.88. The van der Waals surface area contributed by atoms with Gasteiger partial charge in [0.05, 0.1) is 5.69 Å².